The Morgan fingerprint density at radius 3 is 3.11 bits per heavy atom. The minimum atomic E-state index is -0.336. The number of aromatic nitrogens is 2. The standard InChI is InChI=1S/C12H21N3O3/c1-2-6-16-8-9(13)11-14-12(18-15-11)10-5-3-4-7-17-10/h9-10H,2-8,13H2,1H3. The van der Waals surface area contributed by atoms with Crippen LogP contribution in [0, 0.1) is 0 Å². The van der Waals surface area contributed by atoms with Crippen LogP contribution < -0.4 is 5.73 Å². The molecule has 0 aliphatic carbocycles. The van der Waals surface area contributed by atoms with Crippen molar-refractivity contribution in [1.82, 2.24) is 10.1 Å². The highest BCUT2D eigenvalue weighted by atomic mass is 16.5. The predicted molar refractivity (Wildman–Crippen MR) is 64.9 cm³/mol. The fraction of sp³-hybridized carbons (Fsp3) is 0.833. The second kappa shape index (κ2) is 6.82. The molecule has 2 rings (SSSR count). The van der Waals surface area contributed by atoms with Crippen molar-refractivity contribution >= 4 is 0 Å². The number of ether oxygens (including phenoxy) is 2. The van der Waals surface area contributed by atoms with Crippen LogP contribution in [0.3, 0.4) is 0 Å². The minimum Gasteiger partial charge on any atom is -0.379 e. The molecule has 0 radical (unpaired) electrons. The third-order valence-corrected chi connectivity index (χ3v) is 2.89. The maximum absolute atomic E-state index is 5.93. The van der Waals surface area contributed by atoms with Gasteiger partial charge in [-0.3, -0.25) is 0 Å². The van der Waals surface area contributed by atoms with Gasteiger partial charge in [0.2, 0.25) is 0 Å². The Morgan fingerprint density at radius 1 is 1.50 bits per heavy atom. The maximum Gasteiger partial charge on any atom is 0.255 e. The van der Waals surface area contributed by atoms with E-state index >= 15 is 0 Å². The lowest BCUT2D eigenvalue weighted by molar-refractivity contribution is -0.00459. The summed E-state index contributed by atoms with van der Waals surface area (Å²) in [6, 6.07) is -0.336. The summed E-state index contributed by atoms with van der Waals surface area (Å²) in [5, 5.41) is 3.90. The van der Waals surface area contributed by atoms with Crippen molar-refractivity contribution in [3.63, 3.8) is 0 Å². The van der Waals surface area contributed by atoms with E-state index in [9.17, 15) is 0 Å². The number of nitrogens with zero attached hydrogens (tertiary/aromatic N) is 2. The van der Waals surface area contributed by atoms with Gasteiger partial charge in [-0.25, -0.2) is 0 Å². The summed E-state index contributed by atoms with van der Waals surface area (Å²) in [7, 11) is 0. The quantitative estimate of drug-likeness (QED) is 0.779. The van der Waals surface area contributed by atoms with E-state index in [0.717, 1.165) is 32.3 Å². The minimum absolute atomic E-state index is 0.0660. The van der Waals surface area contributed by atoms with E-state index in [1.165, 1.54) is 0 Å². The van der Waals surface area contributed by atoms with Crippen LogP contribution in [0.5, 0.6) is 0 Å². The van der Waals surface area contributed by atoms with Gasteiger partial charge < -0.3 is 19.7 Å². The first kappa shape index (κ1) is 13.5. The van der Waals surface area contributed by atoms with Crippen molar-refractivity contribution in [2.75, 3.05) is 19.8 Å². The monoisotopic (exact) mass is 255 g/mol. The summed E-state index contributed by atoms with van der Waals surface area (Å²) in [6.45, 7) is 3.93. The molecule has 6 heteroatoms. The van der Waals surface area contributed by atoms with Crippen LogP contribution in [0.1, 0.15) is 56.5 Å². The molecule has 2 atom stereocenters. The van der Waals surface area contributed by atoms with Crippen molar-refractivity contribution in [3.8, 4) is 0 Å². The summed E-state index contributed by atoms with van der Waals surface area (Å²) in [5.41, 5.74) is 5.93. The molecule has 2 N–H and O–H groups in total. The SMILES string of the molecule is CCCOCC(N)c1noc(C2CCCCO2)n1. The molecule has 1 aromatic rings. The van der Waals surface area contributed by atoms with Gasteiger partial charge in [0.15, 0.2) is 5.82 Å². The van der Waals surface area contributed by atoms with E-state index in [1.807, 2.05) is 0 Å². The van der Waals surface area contributed by atoms with Gasteiger partial charge in [-0.05, 0) is 25.7 Å². The third kappa shape index (κ3) is 3.51. The molecule has 0 saturated carbocycles. The lowest BCUT2D eigenvalue weighted by Gasteiger charge is -2.18. The first-order chi connectivity index (χ1) is 8.81. The van der Waals surface area contributed by atoms with Crippen LogP contribution in [0.2, 0.25) is 0 Å². The third-order valence-electron chi connectivity index (χ3n) is 2.89. The van der Waals surface area contributed by atoms with Crippen LogP contribution in [-0.4, -0.2) is 30.0 Å². The van der Waals surface area contributed by atoms with Gasteiger partial charge in [-0.2, -0.15) is 4.98 Å². The summed E-state index contributed by atoms with van der Waals surface area (Å²) < 4.78 is 16.2. The van der Waals surface area contributed by atoms with Gasteiger partial charge in [0.05, 0.1) is 12.6 Å². The van der Waals surface area contributed by atoms with Crippen LogP contribution in [0.25, 0.3) is 0 Å². The topological polar surface area (TPSA) is 83.4 Å². The van der Waals surface area contributed by atoms with Gasteiger partial charge in [0.1, 0.15) is 6.10 Å². The molecule has 1 aliphatic rings. The molecule has 0 amide bonds. The predicted octanol–water partition coefficient (Wildman–Crippen LogP) is 1.74. The molecule has 102 valence electrons. The molecular formula is C12H21N3O3. The zero-order chi connectivity index (χ0) is 12.8. The molecule has 2 unspecified atom stereocenters. The molecule has 0 aromatic carbocycles. The van der Waals surface area contributed by atoms with Crippen LogP contribution in [0.4, 0.5) is 0 Å². The summed E-state index contributed by atoms with van der Waals surface area (Å²) in [5.74, 6) is 1.03. The van der Waals surface area contributed by atoms with Gasteiger partial charge in [-0.1, -0.05) is 12.1 Å². The molecule has 1 aliphatic heterocycles. The number of nitrogens with two attached hydrogens (primary N) is 1. The van der Waals surface area contributed by atoms with Gasteiger partial charge in [-0.15, -0.1) is 0 Å². The molecule has 0 bridgehead atoms. The zero-order valence-electron chi connectivity index (χ0n) is 10.8. The number of hydrogen-bond donors (Lipinski definition) is 1. The van der Waals surface area contributed by atoms with Crippen molar-refractivity contribution in [2.24, 2.45) is 5.73 Å². The largest absolute Gasteiger partial charge is 0.379 e. The Kier molecular flexibility index (Phi) is 5.10. The molecule has 2 heterocycles. The van der Waals surface area contributed by atoms with E-state index in [-0.39, 0.29) is 12.1 Å². The van der Waals surface area contributed by atoms with E-state index in [0.29, 0.717) is 24.9 Å². The van der Waals surface area contributed by atoms with E-state index in [1.54, 1.807) is 0 Å². The Bertz CT molecular complexity index is 350. The van der Waals surface area contributed by atoms with Gasteiger partial charge in [0.25, 0.3) is 5.89 Å². The highest BCUT2D eigenvalue weighted by Crippen LogP contribution is 2.26. The first-order valence-electron chi connectivity index (χ1n) is 6.59. The highest BCUT2D eigenvalue weighted by molar-refractivity contribution is 4.96. The Balaban J connectivity index is 1.88. The molecule has 1 aromatic heterocycles. The normalized spacial score (nSPS) is 22.0. The Hall–Kier alpha value is -0.980. The average Bonchev–Trinajstić information content (AvgIpc) is 2.89. The second-order valence-electron chi connectivity index (χ2n) is 4.53. The Morgan fingerprint density at radius 2 is 2.39 bits per heavy atom. The molecular weight excluding hydrogens is 234 g/mol. The highest BCUT2D eigenvalue weighted by Gasteiger charge is 2.23. The van der Waals surface area contributed by atoms with Crippen LogP contribution in [-0.2, 0) is 9.47 Å². The van der Waals surface area contributed by atoms with E-state index in [2.05, 4.69) is 17.1 Å². The molecule has 0 spiro atoms. The van der Waals surface area contributed by atoms with Gasteiger partial charge in [0, 0.05) is 13.2 Å². The van der Waals surface area contributed by atoms with Gasteiger partial charge >= 0.3 is 0 Å². The van der Waals surface area contributed by atoms with Crippen LogP contribution in [0.15, 0.2) is 4.52 Å². The second-order valence-corrected chi connectivity index (χ2v) is 4.53. The maximum atomic E-state index is 5.93. The van der Waals surface area contributed by atoms with Crippen LogP contribution >= 0.6 is 0 Å². The fourth-order valence-electron chi connectivity index (χ4n) is 1.89. The first-order valence-corrected chi connectivity index (χ1v) is 6.59. The summed E-state index contributed by atoms with van der Waals surface area (Å²) >= 11 is 0. The number of hydrogen-bond acceptors (Lipinski definition) is 6. The van der Waals surface area contributed by atoms with E-state index in [4.69, 9.17) is 19.7 Å². The fourth-order valence-corrected chi connectivity index (χ4v) is 1.89. The smallest absolute Gasteiger partial charge is 0.255 e. The molecule has 6 nitrogen and oxygen atoms in total. The molecule has 18 heavy (non-hydrogen) atoms. The lowest BCUT2D eigenvalue weighted by Crippen LogP contribution is -2.19. The average molecular weight is 255 g/mol. The Labute approximate surface area is 107 Å². The van der Waals surface area contributed by atoms with Crippen molar-refractivity contribution in [2.45, 2.75) is 44.8 Å². The summed E-state index contributed by atoms with van der Waals surface area (Å²) in [6.07, 6.45) is 4.07. The lowest BCUT2D eigenvalue weighted by atomic mass is 10.1. The molecule has 1 saturated heterocycles. The van der Waals surface area contributed by atoms with E-state index < -0.39 is 0 Å². The van der Waals surface area contributed by atoms with Crippen molar-refractivity contribution in [3.05, 3.63) is 11.7 Å². The zero-order valence-corrected chi connectivity index (χ0v) is 10.8. The summed E-state index contributed by atoms with van der Waals surface area (Å²) in [4.78, 5) is 4.30. The number of rotatable bonds is 6. The van der Waals surface area contributed by atoms with Crippen molar-refractivity contribution < 1.29 is 14.0 Å². The van der Waals surface area contributed by atoms with Crippen molar-refractivity contribution in [1.29, 1.82) is 0 Å². The molecule has 1 fully saturated rings.